The number of hydrogen-bond donors (Lipinski definition) is 1. The van der Waals surface area contributed by atoms with Gasteiger partial charge in [0.2, 0.25) is 5.91 Å². The van der Waals surface area contributed by atoms with Gasteiger partial charge >= 0.3 is 0 Å². The standard InChI is InChI=1S/C16H19BrN2O2/c1-9-5-11(7-12(17)6-9)16(21)19-8-10-3-2-4-13(10)14(19)15(18)20/h5-7,10,13-14H,2-4,8H2,1H3,(H2,18,20). The van der Waals surface area contributed by atoms with Crippen LogP contribution < -0.4 is 5.73 Å². The molecular formula is C16H19BrN2O2. The Kier molecular flexibility index (Phi) is 3.78. The van der Waals surface area contributed by atoms with E-state index in [1.54, 1.807) is 4.90 Å². The third-order valence-corrected chi connectivity index (χ3v) is 5.19. The zero-order valence-electron chi connectivity index (χ0n) is 12.0. The van der Waals surface area contributed by atoms with Crippen molar-refractivity contribution in [3.8, 4) is 0 Å². The molecule has 21 heavy (non-hydrogen) atoms. The minimum absolute atomic E-state index is 0.0856. The first kappa shape index (κ1) is 14.6. The minimum atomic E-state index is -0.440. The lowest BCUT2D eigenvalue weighted by atomic mass is 9.93. The molecule has 1 aromatic rings. The van der Waals surface area contributed by atoms with Crippen LogP contribution in [0.3, 0.4) is 0 Å². The second kappa shape index (κ2) is 5.44. The molecule has 3 rings (SSSR count). The van der Waals surface area contributed by atoms with E-state index in [-0.39, 0.29) is 17.7 Å². The van der Waals surface area contributed by atoms with Crippen LogP contribution in [0.4, 0.5) is 0 Å². The number of nitrogens with zero attached hydrogens (tertiary/aromatic N) is 1. The quantitative estimate of drug-likeness (QED) is 0.890. The van der Waals surface area contributed by atoms with Crippen LogP contribution >= 0.6 is 15.9 Å². The summed E-state index contributed by atoms with van der Waals surface area (Å²) in [6.07, 6.45) is 3.23. The summed E-state index contributed by atoms with van der Waals surface area (Å²) in [5.74, 6) is 0.224. The number of hydrogen-bond acceptors (Lipinski definition) is 2. The average Bonchev–Trinajstić information content (AvgIpc) is 2.95. The lowest BCUT2D eigenvalue weighted by Crippen LogP contribution is -2.46. The average molecular weight is 351 g/mol. The van der Waals surface area contributed by atoms with Crippen LogP contribution in [0.1, 0.15) is 35.2 Å². The molecule has 2 aliphatic rings. The second-order valence-electron chi connectivity index (χ2n) is 6.18. The van der Waals surface area contributed by atoms with Crippen molar-refractivity contribution in [3.05, 3.63) is 33.8 Å². The highest BCUT2D eigenvalue weighted by Crippen LogP contribution is 2.42. The van der Waals surface area contributed by atoms with Gasteiger partial charge in [0, 0.05) is 16.6 Å². The number of aryl methyl sites for hydroxylation is 1. The van der Waals surface area contributed by atoms with Crippen molar-refractivity contribution in [2.24, 2.45) is 17.6 Å². The first-order valence-electron chi connectivity index (χ1n) is 7.35. The summed E-state index contributed by atoms with van der Waals surface area (Å²) < 4.78 is 0.876. The molecule has 3 atom stereocenters. The number of halogens is 1. The number of fused-ring (bicyclic) bond motifs is 1. The Labute approximate surface area is 132 Å². The van der Waals surface area contributed by atoms with Crippen LogP contribution in [-0.2, 0) is 4.79 Å². The van der Waals surface area contributed by atoms with Crippen molar-refractivity contribution in [2.45, 2.75) is 32.2 Å². The second-order valence-corrected chi connectivity index (χ2v) is 7.09. The fourth-order valence-corrected chi connectivity index (χ4v) is 4.51. The van der Waals surface area contributed by atoms with Gasteiger partial charge in [0.15, 0.2) is 0 Å². The van der Waals surface area contributed by atoms with Gasteiger partial charge in [-0.3, -0.25) is 9.59 Å². The number of likely N-dealkylation sites (tertiary alicyclic amines) is 1. The topological polar surface area (TPSA) is 63.4 Å². The van der Waals surface area contributed by atoms with Crippen LogP contribution in [0.15, 0.2) is 22.7 Å². The maximum Gasteiger partial charge on any atom is 0.254 e. The number of primary amides is 1. The third-order valence-electron chi connectivity index (χ3n) is 4.73. The Morgan fingerprint density at radius 2 is 2.05 bits per heavy atom. The number of benzene rings is 1. The fourth-order valence-electron chi connectivity index (χ4n) is 3.90. The fraction of sp³-hybridized carbons (Fsp3) is 0.500. The summed E-state index contributed by atoms with van der Waals surface area (Å²) in [5.41, 5.74) is 7.21. The van der Waals surface area contributed by atoms with Gasteiger partial charge in [0.05, 0.1) is 0 Å². The summed E-state index contributed by atoms with van der Waals surface area (Å²) in [6.45, 7) is 2.61. The van der Waals surface area contributed by atoms with E-state index in [9.17, 15) is 9.59 Å². The van der Waals surface area contributed by atoms with Crippen molar-refractivity contribution in [3.63, 3.8) is 0 Å². The van der Waals surface area contributed by atoms with Gasteiger partial charge in [0.1, 0.15) is 6.04 Å². The summed E-state index contributed by atoms with van der Waals surface area (Å²) in [4.78, 5) is 26.3. The zero-order valence-corrected chi connectivity index (χ0v) is 13.6. The Balaban J connectivity index is 1.91. The van der Waals surface area contributed by atoms with E-state index >= 15 is 0 Å². The Hall–Kier alpha value is -1.36. The highest BCUT2D eigenvalue weighted by molar-refractivity contribution is 9.10. The minimum Gasteiger partial charge on any atom is -0.368 e. The predicted molar refractivity (Wildman–Crippen MR) is 83.7 cm³/mol. The van der Waals surface area contributed by atoms with E-state index in [0.717, 1.165) is 29.3 Å². The van der Waals surface area contributed by atoms with E-state index in [2.05, 4.69) is 15.9 Å². The summed E-state index contributed by atoms with van der Waals surface area (Å²) in [6, 6.07) is 5.19. The van der Waals surface area contributed by atoms with Crippen LogP contribution in [0.5, 0.6) is 0 Å². The molecule has 0 bridgehead atoms. The monoisotopic (exact) mass is 350 g/mol. The number of rotatable bonds is 2. The maximum absolute atomic E-state index is 12.8. The molecule has 5 heteroatoms. The number of carbonyl (C=O) groups is 2. The van der Waals surface area contributed by atoms with Crippen LogP contribution in [0.25, 0.3) is 0 Å². The van der Waals surface area contributed by atoms with Gasteiger partial charge in [-0.2, -0.15) is 0 Å². The predicted octanol–water partition coefficient (Wildman–Crippen LogP) is 2.48. The molecule has 0 aromatic heterocycles. The van der Waals surface area contributed by atoms with Crippen LogP contribution in [0, 0.1) is 18.8 Å². The van der Waals surface area contributed by atoms with E-state index in [1.807, 2.05) is 25.1 Å². The summed E-state index contributed by atoms with van der Waals surface area (Å²) in [7, 11) is 0. The lowest BCUT2D eigenvalue weighted by molar-refractivity contribution is -0.122. The SMILES string of the molecule is Cc1cc(Br)cc(C(=O)N2CC3CCCC3C2C(N)=O)c1. The first-order valence-corrected chi connectivity index (χ1v) is 8.14. The van der Waals surface area contributed by atoms with Gasteiger partial charge in [-0.25, -0.2) is 0 Å². The van der Waals surface area contributed by atoms with E-state index in [4.69, 9.17) is 5.73 Å². The molecular weight excluding hydrogens is 332 g/mol. The molecule has 1 saturated carbocycles. The van der Waals surface area contributed by atoms with Gasteiger partial charge in [-0.15, -0.1) is 0 Å². The number of carbonyl (C=O) groups excluding carboxylic acids is 2. The maximum atomic E-state index is 12.8. The highest BCUT2D eigenvalue weighted by Gasteiger charge is 2.48. The zero-order chi connectivity index (χ0) is 15.1. The summed E-state index contributed by atoms with van der Waals surface area (Å²) in [5, 5.41) is 0. The van der Waals surface area contributed by atoms with Crippen molar-refractivity contribution in [1.29, 1.82) is 0 Å². The van der Waals surface area contributed by atoms with Crippen molar-refractivity contribution in [1.82, 2.24) is 4.90 Å². The first-order chi connectivity index (χ1) is 9.97. The van der Waals surface area contributed by atoms with E-state index < -0.39 is 6.04 Å². The molecule has 1 aromatic carbocycles. The highest BCUT2D eigenvalue weighted by atomic mass is 79.9. The molecule has 1 saturated heterocycles. The van der Waals surface area contributed by atoms with Crippen molar-refractivity contribution < 1.29 is 9.59 Å². The van der Waals surface area contributed by atoms with Crippen molar-refractivity contribution >= 4 is 27.7 Å². The molecule has 1 aliphatic carbocycles. The number of amides is 2. The van der Waals surface area contributed by atoms with Crippen LogP contribution in [0.2, 0.25) is 0 Å². The molecule has 2 amide bonds. The Bertz CT molecular complexity index is 582. The molecule has 3 unspecified atom stereocenters. The molecule has 1 aliphatic heterocycles. The lowest BCUT2D eigenvalue weighted by Gasteiger charge is -2.25. The molecule has 0 radical (unpaired) electrons. The van der Waals surface area contributed by atoms with Gasteiger partial charge < -0.3 is 10.6 Å². The molecule has 1 heterocycles. The summed E-state index contributed by atoms with van der Waals surface area (Å²) >= 11 is 3.42. The molecule has 2 fully saturated rings. The van der Waals surface area contributed by atoms with Gasteiger partial charge in [-0.1, -0.05) is 22.4 Å². The molecule has 0 spiro atoms. The largest absolute Gasteiger partial charge is 0.368 e. The normalized spacial score (nSPS) is 27.7. The Morgan fingerprint density at radius 1 is 1.29 bits per heavy atom. The molecule has 2 N–H and O–H groups in total. The van der Waals surface area contributed by atoms with Crippen LogP contribution in [-0.4, -0.2) is 29.3 Å². The smallest absolute Gasteiger partial charge is 0.254 e. The number of nitrogens with two attached hydrogens (primary N) is 1. The van der Waals surface area contributed by atoms with E-state index in [1.165, 1.54) is 0 Å². The molecule has 112 valence electrons. The van der Waals surface area contributed by atoms with Gasteiger partial charge in [0.25, 0.3) is 5.91 Å². The van der Waals surface area contributed by atoms with E-state index in [0.29, 0.717) is 18.0 Å². The molecule has 4 nitrogen and oxygen atoms in total. The van der Waals surface area contributed by atoms with Crippen molar-refractivity contribution in [2.75, 3.05) is 6.54 Å². The Morgan fingerprint density at radius 3 is 2.71 bits per heavy atom. The van der Waals surface area contributed by atoms with Gasteiger partial charge in [-0.05, 0) is 55.4 Å². The third kappa shape index (κ3) is 2.59.